The van der Waals surface area contributed by atoms with Gasteiger partial charge in [0.05, 0.1) is 20.3 Å². The molecule has 1 N–H and O–H groups in total. The number of rotatable bonds is 5. The van der Waals surface area contributed by atoms with E-state index in [-0.39, 0.29) is 6.04 Å². The summed E-state index contributed by atoms with van der Waals surface area (Å²) in [5.41, 5.74) is 4.58. The van der Waals surface area contributed by atoms with Gasteiger partial charge >= 0.3 is 0 Å². The van der Waals surface area contributed by atoms with Gasteiger partial charge in [0.2, 0.25) is 0 Å². The molecule has 0 radical (unpaired) electrons. The highest BCUT2D eigenvalue weighted by Crippen LogP contribution is 2.30. The minimum atomic E-state index is 0.160. The lowest BCUT2D eigenvalue weighted by molar-refractivity contribution is 0.407. The van der Waals surface area contributed by atoms with Crippen LogP contribution < -0.4 is 14.8 Å². The smallest absolute Gasteiger partial charge is 0.124 e. The highest BCUT2D eigenvalue weighted by Gasteiger charge is 2.12. The molecule has 1 atom stereocenters. The van der Waals surface area contributed by atoms with Crippen molar-refractivity contribution >= 4 is 5.69 Å². The number of benzene rings is 2. The molecule has 0 amide bonds. The van der Waals surface area contributed by atoms with E-state index in [1.54, 1.807) is 14.2 Å². The molecule has 0 heterocycles. The SMILES string of the molecule is COc1ccc(NC(C)c2cc(C)ccc2OC)cc1C. The summed E-state index contributed by atoms with van der Waals surface area (Å²) in [6, 6.07) is 12.5. The van der Waals surface area contributed by atoms with E-state index < -0.39 is 0 Å². The minimum absolute atomic E-state index is 0.160. The topological polar surface area (TPSA) is 30.5 Å². The van der Waals surface area contributed by atoms with E-state index in [2.05, 4.69) is 37.4 Å². The van der Waals surface area contributed by atoms with Crippen LogP contribution in [0.15, 0.2) is 36.4 Å². The quantitative estimate of drug-likeness (QED) is 0.877. The van der Waals surface area contributed by atoms with Gasteiger partial charge in [-0.05, 0) is 50.6 Å². The first-order chi connectivity index (χ1) is 10.0. The van der Waals surface area contributed by atoms with Crippen molar-refractivity contribution in [3.63, 3.8) is 0 Å². The number of ether oxygens (including phenoxy) is 2. The Bertz CT molecular complexity index is 623. The van der Waals surface area contributed by atoms with E-state index in [9.17, 15) is 0 Å². The molecular weight excluding hydrogens is 262 g/mol. The van der Waals surface area contributed by atoms with Crippen molar-refractivity contribution in [1.82, 2.24) is 0 Å². The summed E-state index contributed by atoms with van der Waals surface area (Å²) in [5.74, 6) is 1.81. The van der Waals surface area contributed by atoms with Crippen molar-refractivity contribution < 1.29 is 9.47 Å². The van der Waals surface area contributed by atoms with Crippen molar-refractivity contribution in [2.24, 2.45) is 0 Å². The molecule has 1 unspecified atom stereocenters. The lowest BCUT2D eigenvalue weighted by Crippen LogP contribution is -2.08. The Balaban J connectivity index is 2.23. The second-order valence-corrected chi connectivity index (χ2v) is 5.30. The van der Waals surface area contributed by atoms with Gasteiger partial charge in [-0.25, -0.2) is 0 Å². The van der Waals surface area contributed by atoms with Crippen molar-refractivity contribution in [1.29, 1.82) is 0 Å². The van der Waals surface area contributed by atoms with E-state index in [0.29, 0.717) is 0 Å². The maximum absolute atomic E-state index is 5.46. The summed E-state index contributed by atoms with van der Waals surface area (Å²) in [5, 5.41) is 3.52. The molecule has 0 spiro atoms. The van der Waals surface area contributed by atoms with Crippen molar-refractivity contribution in [2.75, 3.05) is 19.5 Å². The lowest BCUT2D eigenvalue weighted by atomic mass is 10.0. The summed E-state index contributed by atoms with van der Waals surface area (Å²) in [7, 11) is 3.40. The number of methoxy groups -OCH3 is 2. The predicted octanol–water partition coefficient (Wildman–Crippen LogP) is 4.49. The molecule has 3 heteroatoms. The highest BCUT2D eigenvalue weighted by molar-refractivity contribution is 5.53. The zero-order valence-electron chi connectivity index (χ0n) is 13.4. The van der Waals surface area contributed by atoms with E-state index in [1.165, 1.54) is 5.56 Å². The number of nitrogens with one attached hydrogen (secondary N) is 1. The molecule has 0 aliphatic heterocycles. The van der Waals surface area contributed by atoms with E-state index in [1.807, 2.05) is 25.1 Å². The fourth-order valence-corrected chi connectivity index (χ4v) is 2.49. The molecule has 0 saturated carbocycles. The second-order valence-electron chi connectivity index (χ2n) is 5.30. The third-order valence-electron chi connectivity index (χ3n) is 3.63. The third kappa shape index (κ3) is 3.48. The molecule has 0 aliphatic rings. The van der Waals surface area contributed by atoms with Crippen LogP contribution in [0.5, 0.6) is 11.5 Å². The summed E-state index contributed by atoms with van der Waals surface area (Å²) in [6.07, 6.45) is 0. The summed E-state index contributed by atoms with van der Waals surface area (Å²) >= 11 is 0. The van der Waals surface area contributed by atoms with Crippen LogP contribution in [-0.2, 0) is 0 Å². The van der Waals surface area contributed by atoms with Gasteiger partial charge in [-0.1, -0.05) is 17.7 Å². The standard InChI is InChI=1S/C18H23NO2/c1-12-6-8-18(21-5)16(10-12)14(3)19-15-7-9-17(20-4)13(2)11-15/h6-11,14,19H,1-5H3. The van der Waals surface area contributed by atoms with Gasteiger partial charge < -0.3 is 14.8 Å². The second kappa shape index (κ2) is 6.53. The third-order valence-corrected chi connectivity index (χ3v) is 3.63. The maximum atomic E-state index is 5.46. The van der Waals surface area contributed by atoms with Gasteiger partial charge in [0.25, 0.3) is 0 Å². The highest BCUT2D eigenvalue weighted by atomic mass is 16.5. The zero-order chi connectivity index (χ0) is 15.4. The average molecular weight is 285 g/mol. The molecule has 2 rings (SSSR count). The normalized spacial score (nSPS) is 11.9. The minimum Gasteiger partial charge on any atom is -0.496 e. The van der Waals surface area contributed by atoms with Crippen LogP contribution in [0.25, 0.3) is 0 Å². The molecular formula is C18H23NO2. The molecule has 0 fully saturated rings. The number of hydrogen-bond acceptors (Lipinski definition) is 3. The molecule has 0 bridgehead atoms. The van der Waals surface area contributed by atoms with Crippen LogP contribution in [0.4, 0.5) is 5.69 Å². The number of aryl methyl sites for hydroxylation is 2. The van der Waals surface area contributed by atoms with E-state index >= 15 is 0 Å². The van der Waals surface area contributed by atoms with Crippen molar-refractivity contribution in [3.05, 3.63) is 53.1 Å². The van der Waals surface area contributed by atoms with Crippen LogP contribution in [0, 0.1) is 13.8 Å². The summed E-state index contributed by atoms with van der Waals surface area (Å²) in [6.45, 7) is 6.27. The van der Waals surface area contributed by atoms with Gasteiger partial charge in [-0.2, -0.15) is 0 Å². The molecule has 0 aliphatic carbocycles. The van der Waals surface area contributed by atoms with Crippen LogP contribution in [0.2, 0.25) is 0 Å². The van der Waals surface area contributed by atoms with Crippen molar-refractivity contribution in [2.45, 2.75) is 26.8 Å². The van der Waals surface area contributed by atoms with Gasteiger partial charge in [-0.15, -0.1) is 0 Å². The van der Waals surface area contributed by atoms with Crippen molar-refractivity contribution in [3.8, 4) is 11.5 Å². The van der Waals surface area contributed by atoms with Crippen LogP contribution in [0.3, 0.4) is 0 Å². The monoisotopic (exact) mass is 285 g/mol. The van der Waals surface area contributed by atoms with E-state index in [0.717, 1.165) is 28.3 Å². The molecule has 2 aromatic rings. The van der Waals surface area contributed by atoms with Gasteiger partial charge in [0.1, 0.15) is 11.5 Å². The molecule has 21 heavy (non-hydrogen) atoms. The summed E-state index contributed by atoms with van der Waals surface area (Å²) < 4.78 is 10.8. The first-order valence-corrected chi connectivity index (χ1v) is 7.11. The molecule has 0 saturated heterocycles. The Morgan fingerprint density at radius 3 is 2.19 bits per heavy atom. The van der Waals surface area contributed by atoms with Crippen LogP contribution in [-0.4, -0.2) is 14.2 Å². The molecule has 3 nitrogen and oxygen atoms in total. The van der Waals surface area contributed by atoms with Gasteiger partial charge in [0, 0.05) is 11.3 Å². The Labute approximate surface area is 126 Å². The van der Waals surface area contributed by atoms with Gasteiger partial charge in [-0.3, -0.25) is 0 Å². The Morgan fingerprint density at radius 2 is 1.57 bits per heavy atom. The Kier molecular flexibility index (Phi) is 4.73. The molecule has 0 aromatic heterocycles. The Morgan fingerprint density at radius 1 is 0.905 bits per heavy atom. The zero-order valence-corrected chi connectivity index (χ0v) is 13.4. The number of hydrogen-bond donors (Lipinski definition) is 1. The largest absolute Gasteiger partial charge is 0.496 e. The van der Waals surface area contributed by atoms with Crippen LogP contribution in [0.1, 0.15) is 29.7 Å². The molecule has 112 valence electrons. The Hall–Kier alpha value is -2.16. The molecule has 2 aromatic carbocycles. The first kappa shape index (κ1) is 15.2. The van der Waals surface area contributed by atoms with Gasteiger partial charge in [0.15, 0.2) is 0 Å². The first-order valence-electron chi connectivity index (χ1n) is 7.11. The lowest BCUT2D eigenvalue weighted by Gasteiger charge is -2.19. The average Bonchev–Trinajstić information content (AvgIpc) is 2.47. The predicted molar refractivity (Wildman–Crippen MR) is 87.5 cm³/mol. The fraction of sp³-hybridized carbons (Fsp3) is 0.333. The summed E-state index contributed by atoms with van der Waals surface area (Å²) in [4.78, 5) is 0. The fourth-order valence-electron chi connectivity index (χ4n) is 2.49. The number of anilines is 1. The maximum Gasteiger partial charge on any atom is 0.124 e. The van der Waals surface area contributed by atoms with Crippen LogP contribution >= 0.6 is 0 Å². The van der Waals surface area contributed by atoms with E-state index in [4.69, 9.17) is 9.47 Å².